The zero-order valence-electron chi connectivity index (χ0n) is 4.91. The second-order valence-corrected chi connectivity index (χ2v) is 4.50. The Morgan fingerprint density at radius 3 is 1.00 bits per heavy atom. The monoisotopic (exact) mass is 224 g/mol. The number of hydrogen-bond donors (Lipinski definition) is 0. The third kappa shape index (κ3) is 38.4. The van der Waals surface area contributed by atoms with Crippen LogP contribution in [0.3, 0.4) is 0 Å². The van der Waals surface area contributed by atoms with Crippen molar-refractivity contribution in [3.63, 3.8) is 0 Å². The van der Waals surface area contributed by atoms with Crippen molar-refractivity contribution in [1.82, 2.24) is 0 Å². The van der Waals surface area contributed by atoms with Crippen molar-refractivity contribution in [2.45, 2.75) is 19.6 Å². The summed E-state index contributed by atoms with van der Waals surface area (Å²) in [6, 6.07) is 0. The molecule has 0 aromatic heterocycles. The molecule has 0 aromatic carbocycles. The third-order valence-corrected chi connectivity index (χ3v) is 0. The fourth-order valence-corrected chi connectivity index (χ4v) is 0. The standard InChI is InChI=1S/C3H9Si.HI.Na/c1-4(2)3;;/h1-3H3;1H;/q-1;;+1. The van der Waals surface area contributed by atoms with Crippen molar-refractivity contribution in [3.05, 3.63) is 0 Å². The Kier molecular flexibility index (Phi) is 26.2. The molecule has 0 spiro atoms. The Morgan fingerprint density at radius 1 is 1.00 bits per heavy atom. The molecule has 0 aliphatic rings. The van der Waals surface area contributed by atoms with Crippen molar-refractivity contribution in [2.24, 2.45) is 0 Å². The van der Waals surface area contributed by atoms with Gasteiger partial charge in [0, 0.05) is 0 Å². The molecule has 34 valence electrons. The van der Waals surface area contributed by atoms with E-state index in [4.69, 9.17) is 0 Å². The molecule has 0 atom stereocenters. The van der Waals surface area contributed by atoms with Gasteiger partial charge < -0.3 is 0 Å². The summed E-state index contributed by atoms with van der Waals surface area (Å²) in [5, 5.41) is 0. The molecule has 0 fully saturated rings. The molecule has 0 heterocycles. The summed E-state index contributed by atoms with van der Waals surface area (Å²) in [6.07, 6.45) is 0. The Bertz CT molecular complexity index is 15.5. The van der Waals surface area contributed by atoms with Gasteiger partial charge in [0.25, 0.3) is 0 Å². The molecular weight excluding hydrogens is 214 g/mol. The topological polar surface area (TPSA) is 0 Å². The number of halogens is 1. The SMILES string of the molecule is C[Si-](C)C.I.[Na+]. The van der Waals surface area contributed by atoms with Crippen LogP contribution >= 0.6 is 24.0 Å². The summed E-state index contributed by atoms with van der Waals surface area (Å²) in [6.45, 7) is 6.81. The van der Waals surface area contributed by atoms with Crippen LogP contribution in [-0.4, -0.2) is 8.80 Å². The van der Waals surface area contributed by atoms with E-state index in [1.165, 1.54) is 0 Å². The van der Waals surface area contributed by atoms with Crippen LogP contribution < -0.4 is 29.6 Å². The summed E-state index contributed by atoms with van der Waals surface area (Å²) >= 11 is 0. The van der Waals surface area contributed by atoms with Crippen LogP contribution in [0.4, 0.5) is 0 Å². The van der Waals surface area contributed by atoms with Gasteiger partial charge in [0.05, 0.1) is 0 Å². The van der Waals surface area contributed by atoms with E-state index in [0.29, 0.717) is 0 Å². The first-order valence-corrected chi connectivity index (χ1v) is 4.50. The van der Waals surface area contributed by atoms with Crippen LogP contribution in [0.5, 0.6) is 0 Å². The van der Waals surface area contributed by atoms with E-state index in [1.54, 1.807) is 0 Å². The van der Waals surface area contributed by atoms with Crippen LogP contribution in [0, 0.1) is 0 Å². The first-order valence-electron chi connectivity index (χ1n) is 1.50. The van der Waals surface area contributed by atoms with E-state index in [2.05, 4.69) is 19.6 Å². The number of hydrogen-bond acceptors (Lipinski definition) is 0. The van der Waals surface area contributed by atoms with E-state index >= 15 is 0 Å². The average Bonchev–Trinajstić information content (AvgIpc) is 0.811. The van der Waals surface area contributed by atoms with Crippen LogP contribution in [0.2, 0.25) is 19.6 Å². The summed E-state index contributed by atoms with van der Waals surface area (Å²) in [5.74, 6) is 0. The van der Waals surface area contributed by atoms with Gasteiger partial charge in [-0.25, -0.2) is 0 Å². The Labute approximate surface area is 81.0 Å². The van der Waals surface area contributed by atoms with Crippen LogP contribution in [0.15, 0.2) is 0 Å². The zero-order valence-corrected chi connectivity index (χ0v) is 10.2. The van der Waals surface area contributed by atoms with E-state index in [1.807, 2.05) is 0 Å². The number of rotatable bonds is 0. The van der Waals surface area contributed by atoms with Crippen LogP contribution in [0.1, 0.15) is 0 Å². The minimum Gasteiger partial charge on any atom is -0.271 e. The summed E-state index contributed by atoms with van der Waals surface area (Å²) < 4.78 is 0. The molecule has 0 saturated heterocycles. The summed E-state index contributed by atoms with van der Waals surface area (Å²) in [7, 11) is 0.120. The van der Waals surface area contributed by atoms with Gasteiger partial charge in [0.2, 0.25) is 0 Å². The van der Waals surface area contributed by atoms with Crippen molar-refractivity contribution in [1.29, 1.82) is 0 Å². The second-order valence-electron chi connectivity index (χ2n) is 1.50. The van der Waals surface area contributed by atoms with Gasteiger partial charge in [-0.05, 0) is 0 Å². The molecule has 0 radical (unpaired) electrons. The van der Waals surface area contributed by atoms with Gasteiger partial charge in [0.15, 0.2) is 0 Å². The largest absolute Gasteiger partial charge is 1.00 e. The molecule has 0 nitrogen and oxygen atoms in total. The van der Waals surface area contributed by atoms with Gasteiger partial charge in [-0.2, -0.15) is 19.6 Å². The van der Waals surface area contributed by atoms with E-state index in [-0.39, 0.29) is 62.3 Å². The maximum absolute atomic E-state index is 2.27. The maximum Gasteiger partial charge on any atom is 1.00 e. The Balaban J connectivity index is -0.0000000450. The predicted molar refractivity (Wildman–Crippen MR) is 38.8 cm³/mol. The summed E-state index contributed by atoms with van der Waals surface area (Å²) in [5.41, 5.74) is 0. The molecule has 0 bridgehead atoms. The molecule has 0 rings (SSSR count). The molecule has 0 N–H and O–H groups in total. The van der Waals surface area contributed by atoms with Crippen LogP contribution in [-0.2, 0) is 0 Å². The Hall–Kier alpha value is 1.95. The second kappa shape index (κ2) is 10.0. The molecule has 0 aliphatic heterocycles. The first-order chi connectivity index (χ1) is 1.73. The molecule has 0 saturated carbocycles. The quantitative estimate of drug-likeness (QED) is 0.365. The minimum atomic E-state index is 0. The smallest absolute Gasteiger partial charge is 0.271 e. The minimum absolute atomic E-state index is 0. The summed E-state index contributed by atoms with van der Waals surface area (Å²) in [4.78, 5) is 0. The average molecular weight is 224 g/mol. The first kappa shape index (κ1) is 15.7. The fourth-order valence-electron chi connectivity index (χ4n) is 0. The van der Waals surface area contributed by atoms with E-state index in [9.17, 15) is 0 Å². The molecule has 3 heteroatoms. The fraction of sp³-hybridized carbons (Fsp3) is 1.00. The normalized spacial score (nSPS) is 6.00. The van der Waals surface area contributed by atoms with Crippen molar-refractivity contribution in [3.8, 4) is 0 Å². The van der Waals surface area contributed by atoms with Gasteiger partial charge in [-0.3, -0.25) is 8.80 Å². The third-order valence-electron chi connectivity index (χ3n) is 0. The molecule has 0 amide bonds. The van der Waals surface area contributed by atoms with Gasteiger partial charge >= 0.3 is 29.6 Å². The van der Waals surface area contributed by atoms with Gasteiger partial charge in [-0.15, -0.1) is 24.0 Å². The van der Waals surface area contributed by atoms with Gasteiger partial charge in [-0.1, -0.05) is 0 Å². The van der Waals surface area contributed by atoms with Gasteiger partial charge in [0.1, 0.15) is 0 Å². The predicted octanol–water partition coefficient (Wildman–Crippen LogP) is -1.01. The maximum atomic E-state index is 2.27. The van der Waals surface area contributed by atoms with E-state index < -0.39 is 0 Å². The van der Waals surface area contributed by atoms with Crippen LogP contribution in [0.25, 0.3) is 0 Å². The molecule has 0 unspecified atom stereocenters. The zero-order chi connectivity index (χ0) is 3.58. The molecular formula is C3H10INaSi. The van der Waals surface area contributed by atoms with E-state index in [0.717, 1.165) is 0 Å². The molecule has 0 aliphatic carbocycles. The van der Waals surface area contributed by atoms with Crippen molar-refractivity contribution in [2.75, 3.05) is 0 Å². The Morgan fingerprint density at radius 2 is 1.00 bits per heavy atom. The molecule has 0 aromatic rings. The van der Waals surface area contributed by atoms with Crippen molar-refractivity contribution >= 4 is 32.8 Å². The van der Waals surface area contributed by atoms with Crippen molar-refractivity contribution < 1.29 is 29.6 Å². The molecule has 6 heavy (non-hydrogen) atoms.